The van der Waals surface area contributed by atoms with E-state index in [4.69, 9.17) is 0 Å². The summed E-state index contributed by atoms with van der Waals surface area (Å²) < 4.78 is 14.3. The number of alkyl halides is 1. The lowest BCUT2D eigenvalue weighted by Gasteiger charge is -2.40. The minimum absolute atomic E-state index is 0.0226. The third-order valence-electron chi connectivity index (χ3n) is 7.32. The van der Waals surface area contributed by atoms with Crippen molar-refractivity contribution in [3.8, 4) is 0 Å². The van der Waals surface area contributed by atoms with Crippen LogP contribution in [0.15, 0.2) is 0 Å². The first kappa shape index (κ1) is 18.6. The molecule has 26 heavy (non-hydrogen) atoms. The Bertz CT molecular complexity index is 480. The van der Waals surface area contributed by atoms with Crippen molar-refractivity contribution in [2.75, 3.05) is 26.2 Å². The minimum atomic E-state index is -0.742. The number of carbonyl (C=O) groups is 1. The van der Waals surface area contributed by atoms with Crippen molar-refractivity contribution >= 4 is 5.91 Å². The molecule has 0 radical (unpaired) electrons. The number of amides is 1. The summed E-state index contributed by atoms with van der Waals surface area (Å²) in [6.07, 6.45) is 6.09. The maximum atomic E-state index is 14.3. The number of carbonyl (C=O) groups excluding carboxylic acids is 1. The number of piperazine rings is 1. The second-order valence-electron chi connectivity index (χ2n) is 9.03. The molecule has 4 rings (SSSR count). The van der Waals surface area contributed by atoms with Crippen LogP contribution in [0.2, 0.25) is 0 Å². The summed E-state index contributed by atoms with van der Waals surface area (Å²) in [7, 11) is 0. The third kappa shape index (κ3) is 3.92. The number of hydrogen-bond acceptors (Lipinski definition) is 4. The Morgan fingerprint density at radius 3 is 2.69 bits per heavy atom. The molecule has 0 spiro atoms. The van der Waals surface area contributed by atoms with Gasteiger partial charge in [-0.15, -0.1) is 0 Å². The molecule has 2 saturated heterocycles. The van der Waals surface area contributed by atoms with Gasteiger partial charge in [-0.2, -0.15) is 0 Å². The van der Waals surface area contributed by atoms with E-state index in [1.54, 1.807) is 0 Å². The number of rotatable bonds is 3. The van der Waals surface area contributed by atoms with E-state index in [9.17, 15) is 9.18 Å². The van der Waals surface area contributed by atoms with Crippen LogP contribution in [-0.2, 0) is 4.79 Å². The lowest BCUT2D eigenvalue weighted by atomic mass is 9.77. The smallest absolute Gasteiger partial charge is 0.237 e. The average molecular weight is 367 g/mol. The van der Waals surface area contributed by atoms with Gasteiger partial charge in [0.1, 0.15) is 6.17 Å². The molecule has 5 nitrogen and oxygen atoms in total. The maximum Gasteiger partial charge on any atom is 0.237 e. The largest absolute Gasteiger partial charge is 0.352 e. The lowest BCUT2D eigenvalue weighted by Crippen LogP contribution is -2.53. The number of nitrogens with zero attached hydrogens (tertiary/aromatic N) is 1. The zero-order valence-corrected chi connectivity index (χ0v) is 16.1. The number of halogens is 1. The van der Waals surface area contributed by atoms with Gasteiger partial charge in [-0.1, -0.05) is 6.92 Å². The SMILES string of the molecule is CC1CCC(F)C2CC(C(=O)N[C@@H]3CCC[C@@H](N4CCNCC4)C3)NC12. The fourth-order valence-electron chi connectivity index (χ4n) is 5.78. The van der Waals surface area contributed by atoms with Crippen molar-refractivity contribution in [2.24, 2.45) is 11.8 Å². The van der Waals surface area contributed by atoms with Gasteiger partial charge in [0.25, 0.3) is 0 Å². The molecule has 2 aliphatic heterocycles. The van der Waals surface area contributed by atoms with E-state index >= 15 is 0 Å². The Kier molecular flexibility index (Phi) is 5.81. The van der Waals surface area contributed by atoms with Crippen LogP contribution in [0.1, 0.15) is 51.9 Å². The first-order valence-corrected chi connectivity index (χ1v) is 10.8. The van der Waals surface area contributed by atoms with Gasteiger partial charge in [0.05, 0.1) is 6.04 Å². The highest BCUT2D eigenvalue weighted by Crippen LogP contribution is 2.38. The zero-order valence-electron chi connectivity index (χ0n) is 16.1. The third-order valence-corrected chi connectivity index (χ3v) is 7.32. The van der Waals surface area contributed by atoms with E-state index < -0.39 is 6.17 Å². The Labute approximate surface area is 156 Å². The quantitative estimate of drug-likeness (QED) is 0.707. The van der Waals surface area contributed by atoms with Crippen LogP contribution >= 0.6 is 0 Å². The van der Waals surface area contributed by atoms with Crippen LogP contribution in [0.25, 0.3) is 0 Å². The van der Waals surface area contributed by atoms with Crippen LogP contribution in [0.3, 0.4) is 0 Å². The van der Waals surface area contributed by atoms with Crippen LogP contribution in [0.5, 0.6) is 0 Å². The number of nitrogens with one attached hydrogen (secondary N) is 3. The van der Waals surface area contributed by atoms with Gasteiger partial charge in [0, 0.05) is 50.2 Å². The molecule has 4 fully saturated rings. The number of hydrogen-bond donors (Lipinski definition) is 3. The van der Waals surface area contributed by atoms with Crippen LogP contribution in [0, 0.1) is 11.8 Å². The highest BCUT2D eigenvalue weighted by Gasteiger charge is 2.46. The number of fused-ring (bicyclic) bond motifs is 1. The second-order valence-corrected chi connectivity index (χ2v) is 9.03. The second kappa shape index (κ2) is 8.11. The summed E-state index contributed by atoms with van der Waals surface area (Å²) in [5.41, 5.74) is 0. The van der Waals surface area contributed by atoms with Crippen molar-refractivity contribution in [1.29, 1.82) is 0 Å². The van der Waals surface area contributed by atoms with Gasteiger partial charge in [0.2, 0.25) is 5.91 Å². The standard InChI is InChI=1S/C20H35FN4O/c1-13-5-6-17(21)16-12-18(24-19(13)16)20(26)23-14-3-2-4-15(11-14)25-9-7-22-8-10-25/h13-19,22,24H,2-12H2,1H3,(H,23,26)/t13?,14-,15-,16?,17?,18?,19?/m1/s1. The molecule has 0 aromatic carbocycles. The van der Waals surface area contributed by atoms with Gasteiger partial charge in [-0.25, -0.2) is 4.39 Å². The van der Waals surface area contributed by atoms with E-state index in [0.29, 0.717) is 24.8 Å². The molecule has 148 valence electrons. The fraction of sp³-hybridized carbons (Fsp3) is 0.950. The van der Waals surface area contributed by atoms with Gasteiger partial charge >= 0.3 is 0 Å². The summed E-state index contributed by atoms with van der Waals surface area (Å²) in [4.78, 5) is 15.4. The molecule has 5 unspecified atom stereocenters. The summed E-state index contributed by atoms with van der Waals surface area (Å²) >= 11 is 0. The maximum absolute atomic E-state index is 14.3. The van der Waals surface area contributed by atoms with E-state index in [1.807, 2.05) is 0 Å². The monoisotopic (exact) mass is 366 g/mol. The molecule has 2 saturated carbocycles. The topological polar surface area (TPSA) is 56.4 Å². The Balaban J connectivity index is 1.30. The van der Waals surface area contributed by atoms with E-state index in [0.717, 1.165) is 45.4 Å². The molecular formula is C20H35FN4O. The Hall–Kier alpha value is -0.720. The van der Waals surface area contributed by atoms with Crippen LogP contribution < -0.4 is 16.0 Å². The van der Waals surface area contributed by atoms with E-state index in [1.165, 1.54) is 12.8 Å². The van der Waals surface area contributed by atoms with Gasteiger partial charge in [0.15, 0.2) is 0 Å². The molecule has 0 bridgehead atoms. The molecule has 2 heterocycles. The Morgan fingerprint density at radius 1 is 1.12 bits per heavy atom. The summed E-state index contributed by atoms with van der Waals surface area (Å²) in [5.74, 6) is 0.593. The van der Waals surface area contributed by atoms with E-state index in [-0.39, 0.29) is 30.0 Å². The highest BCUT2D eigenvalue weighted by molar-refractivity contribution is 5.82. The lowest BCUT2D eigenvalue weighted by molar-refractivity contribution is -0.124. The van der Waals surface area contributed by atoms with Gasteiger partial charge in [-0.05, 0) is 50.9 Å². The van der Waals surface area contributed by atoms with Gasteiger partial charge in [-0.3, -0.25) is 9.69 Å². The molecule has 0 aromatic rings. The molecule has 3 N–H and O–H groups in total. The molecule has 0 aromatic heterocycles. The highest BCUT2D eigenvalue weighted by atomic mass is 19.1. The van der Waals surface area contributed by atoms with Crippen LogP contribution in [-0.4, -0.2) is 67.3 Å². The van der Waals surface area contributed by atoms with Crippen molar-refractivity contribution in [3.05, 3.63) is 0 Å². The predicted octanol–water partition coefficient (Wildman–Crippen LogP) is 1.43. The molecule has 7 atom stereocenters. The molecular weight excluding hydrogens is 331 g/mol. The predicted molar refractivity (Wildman–Crippen MR) is 101 cm³/mol. The summed E-state index contributed by atoms with van der Waals surface area (Å²) in [5, 5.41) is 10.2. The van der Waals surface area contributed by atoms with Crippen molar-refractivity contribution in [2.45, 2.75) is 82.2 Å². The van der Waals surface area contributed by atoms with Crippen molar-refractivity contribution in [3.63, 3.8) is 0 Å². The Morgan fingerprint density at radius 2 is 1.92 bits per heavy atom. The zero-order chi connectivity index (χ0) is 18.1. The normalized spacial score (nSPS) is 44.5. The first-order valence-electron chi connectivity index (χ1n) is 10.8. The molecule has 6 heteroatoms. The first-order chi connectivity index (χ1) is 12.6. The summed E-state index contributed by atoms with van der Waals surface area (Å²) in [6, 6.07) is 0.850. The average Bonchev–Trinajstić information content (AvgIpc) is 3.13. The van der Waals surface area contributed by atoms with E-state index in [2.05, 4.69) is 27.8 Å². The van der Waals surface area contributed by atoms with Crippen molar-refractivity contribution in [1.82, 2.24) is 20.9 Å². The summed E-state index contributed by atoms with van der Waals surface area (Å²) in [6.45, 7) is 6.58. The van der Waals surface area contributed by atoms with Crippen molar-refractivity contribution < 1.29 is 9.18 Å². The molecule has 1 amide bonds. The molecule has 4 aliphatic rings. The molecule has 2 aliphatic carbocycles. The van der Waals surface area contributed by atoms with Crippen LogP contribution in [0.4, 0.5) is 4.39 Å². The fourth-order valence-corrected chi connectivity index (χ4v) is 5.78. The van der Waals surface area contributed by atoms with Gasteiger partial charge < -0.3 is 16.0 Å². The minimum Gasteiger partial charge on any atom is -0.352 e.